The van der Waals surface area contributed by atoms with E-state index in [2.05, 4.69) is 30.1 Å². The molecule has 1 N–H and O–H groups in total. The number of carbonyl (C=O) groups is 1. The van der Waals surface area contributed by atoms with Gasteiger partial charge in [-0.3, -0.25) is 4.79 Å². The third-order valence-electron chi connectivity index (χ3n) is 5.84. The van der Waals surface area contributed by atoms with E-state index in [4.69, 9.17) is 0 Å². The van der Waals surface area contributed by atoms with Gasteiger partial charge in [-0.25, -0.2) is 4.39 Å². The smallest absolute Gasteiger partial charge is 0.266 e. The van der Waals surface area contributed by atoms with Gasteiger partial charge in [0.05, 0.1) is 5.54 Å². The van der Waals surface area contributed by atoms with Gasteiger partial charge in [-0.15, -0.1) is 0 Å². The average Bonchev–Trinajstić information content (AvgIpc) is 2.69. The molecule has 0 aromatic heterocycles. The van der Waals surface area contributed by atoms with E-state index in [0.29, 0.717) is 5.69 Å². The summed E-state index contributed by atoms with van der Waals surface area (Å²) in [7, 11) is 0. The predicted octanol–water partition coefficient (Wildman–Crippen LogP) is 6.01. The van der Waals surface area contributed by atoms with E-state index in [1.807, 2.05) is 45.9 Å². The van der Waals surface area contributed by atoms with Gasteiger partial charge in [0.1, 0.15) is 17.5 Å². The van der Waals surface area contributed by atoms with Crippen molar-refractivity contribution < 1.29 is 9.18 Å². The predicted molar refractivity (Wildman–Crippen MR) is 125 cm³/mol. The van der Waals surface area contributed by atoms with Crippen LogP contribution in [0.5, 0.6) is 0 Å². The number of carbonyl (C=O) groups excluding carboxylic acids is 1. The van der Waals surface area contributed by atoms with Gasteiger partial charge < -0.3 is 10.2 Å². The van der Waals surface area contributed by atoms with Crippen molar-refractivity contribution in [1.82, 2.24) is 0 Å². The second kappa shape index (κ2) is 8.39. The highest BCUT2D eigenvalue weighted by Crippen LogP contribution is 2.40. The number of benzene rings is 2. The number of aryl methyl sites for hydroxylation is 2. The number of rotatable bonds is 4. The molecule has 4 nitrogen and oxygen atoms in total. The molecule has 0 saturated carbocycles. The van der Waals surface area contributed by atoms with Crippen molar-refractivity contribution in [3.8, 4) is 6.07 Å². The van der Waals surface area contributed by atoms with Gasteiger partial charge in [0, 0.05) is 29.0 Å². The molecule has 3 rings (SSSR count). The van der Waals surface area contributed by atoms with Crippen LogP contribution in [0, 0.1) is 31.0 Å². The summed E-state index contributed by atoms with van der Waals surface area (Å²) < 4.78 is 15.0. The first-order chi connectivity index (χ1) is 14.6. The van der Waals surface area contributed by atoms with Crippen molar-refractivity contribution in [2.75, 3.05) is 16.8 Å². The number of halogens is 1. The lowest BCUT2D eigenvalue weighted by atomic mass is 9.87. The standard InChI is InChI=1S/C26H28FN3O/c1-7-30-24-13-23(27)19(12-22(24)18(4)14-26(30,5)6)11-20(15-28)25(31)29-21-9-8-16(2)17(3)10-21/h8-14H,7H2,1-6H3,(H,29,31)/b20-11+. The van der Waals surface area contributed by atoms with Gasteiger partial charge in [-0.05, 0) is 88.6 Å². The molecule has 0 saturated heterocycles. The maximum Gasteiger partial charge on any atom is 0.266 e. The largest absolute Gasteiger partial charge is 0.363 e. The molecule has 1 aliphatic heterocycles. The lowest BCUT2D eigenvalue weighted by molar-refractivity contribution is -0.112. The van der Waals surface area contributed by atoms with Crippen molar-refractivity contribution >= 4 is 28.9 Å². The Kier molecular flexibility index (Phi) is 6.03. The van der Waals surface area contributed by atoms with E-state index < -0.39 is 11.7 Å². The molecule has 1 amide bonds. The van der Waals surface area contributed by atoms with Crippen LogP contribution in [0.1, 0.15) is 49.9 Å². The molecule has 0 atom stereocenters. The molecule has 1 aliphatic rings. The SMILES string of the molecule is CCN1c2cc(F)c(/C=C(\C#N)C(=O)Nc3ccc(C)c(C)c3)cc2C(C)=CC1(C)C. The molecule has 0 fully saturated rings. The number of hydrogen-bond donors (Lipinski definition) is 1. The fraction of sp³-hybridized carbons (Fsp3) is 0.308. The number of likely N-dealkylation sites (N-methyl/N-ethyl adjacent to an activating group) is 1. The summed E-state index contributed by atoms with van der Waals surface area (Å²) in [6, 6.07) is 10.7. The van der Waals surface area contributed by atoms with Crippen LogP contribution in [-0.4, -0.2) is 18.0 Å². The summed E-state index contributed by atoms with van der Waals surface area (Å²) >= 11 is 0. The first-order valence-corrected chi connectivity index (χ1v) is 10.4. The Balaban J connectivity index is 1.98. The first-order valence-electron chi connectivity index (χ1n) is 10.4. The van der Waals surface area contributed by atoms with Gasteiger partial charge in [0.2, 0.25) is 0 Å². The molecule has 2 aromatic rings. The molecule has 5 heteroatoms. The number of amides is 1. The average molecular weight is 418 g/mol. The summed E-state index contributed by atoms with van der Waals surface area (Å²) in [5.41, 5.74) is 5.35. The topological polar surface area (TPSA) is 56.1 Å². The van der Waals surface area contributed by atoms with E-state index in [9.17, 15) is 10.1 Å². The van der Waals surface area contributed by atoms with Crippen molar-refractivity contribution in [2.24, 2.45) is 0 Å². The Bertz CT molecular complexity index is 1150. The summed E-state index contributed by atoms with van der Waals surface area (Å²) in [5, 5.41) is 12.3. The van der Waals surface area contributed by atoms with Gasteiger partial charge in [0.15, 0.2) is 0 Å². The van der Waals surface area contributed by atoms with Crippen LogP contribution in [0.15, 0.2) is 42.0 Å². The minimum atomic E-state index is -0.563. The molecule has 0 radical (unpaired) electrons. The van der Waals surface area contributed by atoms with Crippen LogP contribution in [0.3, 0.4) is 0 Å². The van der Waals surface area contributed by atoms with E-state index in [1.54, 1.807) is 12.1 Å². The summed E-state index contributed by atoms with van der Waals surface area (Å²) in [6.45, 7) is 12.9. The van der Waals surface area contributed by atoms with Crippen molar-refractivity contribution in [1.29, 1.82) is 5.26 Å². The van der Waals surface area contributed by atoms with Crippen LogP contribution in [0.2, 0.25) is 0 Å². The van der Waals surface area contributed by atoms with Crippen LogP contribution in [-0.2, 0) is 4.79 Å². The highest BCUT2D eigenvalue weighted by molar-refractivity contribution is 6.09. The van der Waals surface area contributed by atoms with Gasteiger partial charge in [-0.2, -0.15) is 5.26 Å². The number of hydrogen-bond acceptors (Lipinski definition) is 3. The zero-order valence-corrected chi connectivity index (χ0v) is 18.9. The Morgan fingerprint density at radius 1 is 1.19 bits per heavy atom. The molecule has 0 unspecified atom stereocenters. The molecule has 31 heavy (non-hydrogen) atoms. The molecule has 2 aromatic carbocycles. The first kappa shape index (κ1) is 22.3. The highest BCUT2D eigenvalue weighted by atomic mass is 19.1. The maximum atomic E-state index is 15.0. The number of nitrogens with zero attached hydrogens (tertiary/aromatic N) is 2. The number of fused-ring (bicyclic) bond motifs is 1. The number of nitriles is 1. The molecule has 0 bridgehead atoms. The van der Waals surface area contributed by atoms with Gasteiger partial charge in [0.25, 0.3) is 5.91 Å². The fourth-order valence-electron chi connectivity index (χ4n) is 4.12. The van der Waals surface area contributed by atoms with E-state index in [1.165, 1.54) is 12.1 Å². The minimum absolute atomic E-state index is 0.151. The van der Waals surface area contributed by atoms with Gasteiger partial charge >= 0.3 is 0 Å². The Morgan fingerprint density at radius 2 is 1.90 bits per heavy atom. The molecule has 0 aliphatic carbocycles. The van der Waals surface area contributed by atoms with Crippen LogP contribution >= 0.6 is 0 Å². The second-order valence-corrected chi connectivity index (χ2v) is 8.54. The second-order valence-electron chi connectivity index (χ2n) is 8.54. The molecule has 160 valence electrons. The number of allylic oxidation sites excluding steroid dienone is 1. The maximum absolute atomic E-state index is 15.0. The Labute approximate surface area is 183 Å². The van der Waals surface area contributed by atoms with Crippen LogP contribution in [0.4, 0.5) is 15.8 Å². The van der Waals surface area contributed by atoms with Crippen molar-refractivity contribution in [3.05, 3.63) is 70.1 Å². The summed E-state index contributed by atoms with van der Waals surface area (Å²) in [5.74, 6) is -1.03. The Hall–Kier alpha value is -3.39. The Morgan fingerprint density at radius 3 is 2.52 bits per heavy atom. The summed E-state index contributed by atoms with van der Waals surface area (Å²) in [4.78, 5) is 14.8. The highest BCUT2D eigenvalue weighted by Gasteiger charge is 2.31. The van der Waals surface area contributed by atoms with E-state index >= 15 is 4.39 Å². The number of anilines is 2. The monoisotopic (exact) mass is 417 g/mol. The fourth-order valence-corrected chi connectivity index (χ4v) is 4.12. The minimum Gasteiger partial charge on any atom is -0.363 e. The molecule has 0 spiro atoms. The molecular weight excluding hydrogens is 389 g/mol. The van der Waals surface area contributed by atoms with Gasteiger partial charge in [-0.1, -0.05) is 12.1 Å². The molecule has 1 heterocycles. The zero-order valence-electron chi connectivity index (χ0n) is 18.9. The van der Waals surface area contributed by atoms with Crippen LogP contribution in [0.25, 0.3) is 11.6 Å². The van der Waals surface area contributed by atoms with E-state index in [0.717, 1.165) is 34.5 Å². The molecular formula is C26H28FN3O. The number of nitrogens with one attached hydrogen (secondary N) is 1. The van der Waals surface area contributed by atoms with Crippen molar-refractivity contribution in [3.63, 3.8) is 0 Å². The van der Waals surface area contributed by atoms with Crippen LogP contribution < -0.4 is 10.2 Å². The quantitative estimate of drug-likeness (QED) is 0.490. The third-order valence-corrected chi connectivity index (χ3v) is 5.84. The van der Waals surface area contributed by atoms with E-state index in [-0.39, 0.29) is 16.7 Å². The van der Waals surface area contributed by atoms with Crippen molar-refractivity contribution in [2.45, 2.75) is 47.1 Å². The zero-order chi connectivity index (χ0) is 22.9. The lowest BCUT2D eigenvalue weighted by Crippen LogP contribution is -2.45. The summed E-state index contributed by atoms with van der Waals surface area (Å²) in [6.07, 6.45) is 3.47. The lowest BCUT2D eigenvalue weighted by Gasteiger charge is -2.42. The third kappa shape index (κ3) is 4.39. The normalized spacial score (nSPS) is 15.1.